The van der Waals surface area contributed by atoms with Crippen LogP contribution in [0.1, 0.15) is 15.2 Å². The maximum Gasteiger partial charge on any atom is 0.335 e. The molecule has 2 rings (SSSR count). The fourth-order valence-electron chi connectivity index (χ4n) is 1.15. The summed E-state index contributed by atoms with van der Waals surface area (Å²) in [6.45, 7) is 1.95. The third-order valence-electron chi connectivity index (χ3n) is 1.85. The van der Waals surface area contributed by atoms with Crippen LogP contribution in [0.15, 0.2) is 24.5 Å². The van der Waals surface area contributed by atoms with E-state index in [1.807, 2.05) is 6.92 Å². The number of aryl methyl sites for hydroxylation is 1. The van der Waals surface area contributed by atoms with E-state index in [2.05, 4.69) is 9.97 Å². The van der Waals surface area contributed by atoms with E-state index >= 15 is 0 Å². The van der Waals surface area contributed by atoms with Gasteiger partial charge in [0.15, 0.2) is 0 Å². The van der Waals surface area contributed by atoms with Crippen LogP contribution in [-0.2, 0) is 0 Å². The molecule has 76 valence electrons. The Morgan fingerprint density at radius 3 is 2.87 bits per heavy atom. The highest BCUT2D eigenvalue weighted by molar-refractivity contribution is 7.14. The highest BCUT2D eigenvalue weighted by atomic mass is 32.1. The number of aromatic nitrogens is 2. The first-order valence-corrected chi connectivity index (χ1v) is 5.10. The lowest BCUT2D eigenvalue weighted by Crippen LogP contribution is -1.96. The zero-order chi connectivity index (χ0) is 10.8. The Kier molecular flexibility index (Phi) is 2.47. The largest absolute Gasteiger partial charge is 0.478 e. The van der Waals surface area contributed by atoms with Crippen LogP contribution in [0.25, 0.3) is 10.7 Å². The third-order valence-corrected chi connectivity index (χ3v) is 2.78. The summed E-state index contributed by atoms with van der Waals surface area (Å²) >= 11 is 1.49. The van der Waals surface area contributed by atoms with Gasteiger partial charge in [-0.05, 0) is 19.1 Å². The van der Waals surface area contributed by atoms with Crippen molar-refractivity contribution in [2.45, 2.75) is 6.92 Å². The summed E-state index contributed by atoms with van der Waals surface area (Å²) in [4.78, 5) is 20.1. The van der Waals surface area contributed by atoms with Crippen LogP contribution < -0.4 is 0 Å². The summed E-state index contributed by atoms with van der Waals surface area (Å²) in [5.74, 6) is -0.952. The lowest BCUT2D eigenvalue weighted by Gasteiger charge is -1.96. The van der Waals surface area contributed by atoms with Gasteiger partial charge >= 0.3 is 5.97 Å². The second-order valence-corrected chi connectivity index (χ2v) is 4.25. The van der Waals surface area contributed by atoms with Gasteiger partial charge < -0.3 is 5.11 Å². The normalized spacial score (nSPS) is 10.2. The Morgan fingerprint density at radius 2 is 2.27 bits per heavy atom. The molecule has 5 heteroatoms. The van der Waals surface area contributed by atoms with Crippen LogP contribution in [0.3, 0.4) is 0 Å². The molecule has 0 amide bonds. The highest BCUT2D eigenvalue weighted by Gasteiger charge is 2.08. The van der Waals surface area contributed by atoms with Gasteiger partial charge in [0.1, 0.15) is 5.01 Å². The molecule has 0 aliphatic heterocycles. The Hall–Kier alpha value is -1.75. The van der Waals surface area contributed by atoms with Crippen LogP contribution >= 0.6 is 11.3 Å². The summed E-state index contributed by atoms with van der Waals surface area (Å²) in [6, 6.07) is 2.99. The van der Waals surface area contributed by atoms with Crippen molar-refractivity contribution in [1.29, 1.82) is 0 Å². The van der Waals surface area contributed by atoms with Crippen molar-refractivity contribution in [2.75, 3.05) is 0 Å². The number of carbonyl (C=O) groups is 1. The van der Waals surface area contributed by atoms with Crippen molar-refractivity contribution in [1.82, 2.24) is 9.97 Å². The van der Waals surface area contributed by atoms with E-state index in [4.69, 9.17) is 5.11 Å². The lowest BCUT2D eigenvalue weighted by atomic mass is 10.2. The van der Waals surface area contributed by atoms with E-state index < -0.39 is 5.97 Å². The quantitative estimate of drug-likeness (QED) is 0.842. The molecule has 4 nitrogen and oxygen atoms in total. The molecular weight excluding hydrogens is 212 g/mol. The first kappa shape index (κ1) is 9.79. The smallest absolute Gasteiger partial charge is 0.335 e. The van der Waals surface area contributed by atoms with Crippen molar-refractivity contribution in [3.8, 4) is 10.7 Å². The Balaban J connectivity index is 2.45. The second-order valence-electron chi connectivity index (χ2n) is 3.01. The minimum atomic E-state index is -0.952. The molecule has 0 saturated heterocycles. The fraction of sp³-hybridized carbons (Fsp3) is 0.100. The Morgan fingerprint density at radius 1 is 1.47 bits per heavy atom. The zero-order valence-corrected chi connectivity index (χ0v) is 8.78. The number of hydrogen-bond donors (Lipinski definition) is 1. The van der Waals surface area contributed by atoms with Gasteiger partial charge in [0.05, 0.1) is 11.3 Å². The van der Waals surface area contributed by atoms with Crippen LogP contribution in [0.4, 0.5) is 0 Å². The van der Waals surface area contributed by atoms with Crippen molar-refractivity contribution in [3.63, 3.8) is 0 Å². The number of thiazole rings is 1. The minimum Gasteiger partial charge on any atom is -0.478 e. The molecule has 0 spiro atoms. The van der Waals surface area contributed by atoms with Crippen LogP contribution in [0.2, 0.25) is 0 Å². The van der Waals surface area contributed by atoms with E-state index in [0.29, 0.717) is 5.69 Å². The van der Waals surface area contributed by atoms with E-state index in [0.717, 1.165) is 9.88 Å². The predicted octanol–water partition coefficient (Wildman–Crippen LogP) is 2.21. The summed E-state index contributed by atoms with van der Waals surface area (Å²) in [5, 5.41) is 9.56. The molecule has 15 heavy (non-hydrogen) atoms. The van der Waals surface area contributed by atoms with Gasteiger partial charge in [-0.2, -0.15) is 0 Å². The number of aromatic carboxylic acids is 1. The molecule has 0 fully saturated rings. The van der Waals surface area contributed by atoms with E-state index in [9.17, 15) is 4.79 Å². The van der Waals surface area contributed by atoms with Gasteiger partial charge in [0.2, 0.25) is 0 Å². The molecule has 0 radical (unpaired) electrons. The molecule has 0 bridgehead atoms. The number of hydrogen-bond acceptors (Lipinski definition) is 4. The van der Waals surface area contributed by atoms with Crippen LogP contribution in [-0.4, -0.2) is 21.0 Å². The first-order valence-electron chi connectivity index (χ1n) is 4.29. The van der Waals surface area contributed by atoms with Gasteiger partial charge in [-0.15, -0.1) is 11.3 Å². The van der Waals surface area contributed by atoms with Crippen LogP contribution in [0, 0.1) is 6.92 Å². The van der Waals surface area contributed by atoms with Gasteiger partial charge in [-0.25, -0.2) is 9.78 Å². The van der Waals surface area contributed by atoms with E-state index in [-0.39, 0.29) is 5.56 Å². The topological polar surface area (TPSA) is 63.1 Å². The predicted molar refractivity (Wildman–Crippen MR) is 57.0 cm³/mol. The van der Waals surface area contributed by atoms with E-state index in [1.165, 1.54) is 29.7 Å². The van der Waals surface area contributed by atoms with Gasteiger partial charge in [0.25, 0.3) is 0 Å². The molecule has 0 aliphatic rings. The highest BCUT2D eigenvalue weighted by Crippen LogP contribution is 2.23. The fourth-order valence-corrected chi connectivity index (χ4v) is 1.89. The maximum atomic E-state index is 10.7. The molecular formula is C10H8N2O2S. The second kappa shape index (κ2) is 3.78. The lowest BCUT2D eigenvalue weighted by molar-refractivity contribution is 0.0697. The number of pyridine rings is 1. The number of nitrogens with zero attached hydrogens (tertiary/aromatic N) is 2. The number of carboxylic acids is 1. The third kappa shape index (κ3) is 2.02. The van der Waals surface area contributed by atoms with E-state index in [1.54, 1.807) is 6.20 Å². The Labute approximate surface area is 90.3 Å². The summed E-state index contributed by atoms with van der Waals surface area (Å²) < 4.78 is 0. The van der Waals surface area contributed by atoms with Crippen LogP contribution in [0.5, 0.6) is 0 Å². The molecule has 2 aromatic rings. The van der Waals surface area contributed by atoms with Crippen molar-refractivity contribution >= 4 is 17.3 Å². The molecule has 0 aromatic carbocycles. The molecule has 0 unspecified atom stereocenters. The zero-order valence-electron chi connectivity index (χ0n) is 7.97. The molecule has 2 aromatic heterocycles. The summed E-state index contributed by atoms with van der Waals surface area (Å²) in [7, 11) is 0. The molecule has 0 aliphatic carbocycles. The van der Waals surface area contributed by atoms with Crippen molar-refractivity contribution in [2.24, 2.45) is 0 Å². The Bertz CT molecular complexity index is 508. The molecule has 2 heterocycles. The van der Waals surface area contributed by atoms with Gasteiger partial charge in [0, 0.05) is 17.3 Å². The molecule has 1 N–H and O–H groups in total. The number of rotatable bonds is 2. The maximum absolute atomic E-state index is 10.7. The van der Waals surface area contributed by atoms with Crippen molar-refractivity contribution in [3.05, 3.63) is 35.0 Å². The average Bonchev–Trinajstić information content (AvgIpc) is 2.65. The summed E-state index contributed by atoms with van der Waals surface area (Å²) in [5.41, 5.74) is 0.834. The van der Waals surface area contributed by atoms with Crippen molar-refractivity contribution < 1.29 is 9.90 Å². The van der Waals surface area contributed by atoms with Gasteiger partial charge in [-0.3, -0.25) is 4.98 Å². The minimum absolute atomic E-state index is 0.229. The van der Waals surface area contributed by atoms with Gasteiger partial charge in [-0.1, -0.05) is 0 Å². The average molecular weight is 220 g/mol. The molecule has 0 atom stereocenters. The SMILES string of the molecule is Cc1cnc(-c2cc(C(=O)O)ccn2)s1. The monoisotopic (exact) mass is 220 g/mol. The molecule has 0 saturated carbocycles. The summed E-state index contributed by atoms with van der Waals surface area (Å²) in [6.07, 6.45) is 3.23. The number of carboxylic acid groups (broad SMARTS) is 1. The standard InChI is InChI=1S/C10H8N2O2S/c1-6-5-12-9(15-6)8-4-7(10(13)14)2-3-11-8/h2-5H,1H3,(H,13,14). The first-order chi connectivity index (χ1) is 7.16.